The second-order valence-electron chi connectivity index (χ2n) is 7.28. The molecular formula is C23H20Cl2F3N3O. The Bertz CT molecular complexity index is 1120. The van der Waals surface area contributed by atoms with Crippen LogP contribution in [0.25, 0.3) is 11.1 Å². The fourth-order valence-corrected chi connectivity index (χ4v) is 3.57. The van der Waals surface area contributed by atoms with Crippen molar-refractivity contribution in [2.45, 2.75) is 32.5 Å². The van der Waals surface area contributed by atoms with Gasteiger partial charge in [0, 0.05) is 11.8 Å². The minimum atomic E-state index is -4.59. The summed E-state index contributed by atoms with van der Waals surface area (Å²) in [4.78, 5) is 16.0. The van der Waals surface area contributed by atoms with Crippen LogP contribution in [-0.2, 0) is 4.79 Å². The van der Waals surface area contributed by atoms with Gasteiger partial charge in [-0.15, -0.1) is 0 Å². The van der Waals surface area contributed by atoms with Gasteiger partial charge in [-0.2, -0.15) is 13.2 Å². The van der Waals surface area contributed by atoms with Crippen molar-refractivity contribution >= 4 is 40.6 Å². The van der Waals surface area contributed by atoms with Crippen molar-refractivity contribution in [1.82, 2.24) is 4.98 Å². The standard InChI is InChI=1S/C23H20Cl2F3N3O/c1-13-10-11-29-22(21(13)31-19(32)12-23(26,27)28)30-14(2)15-6-8-16(9-7-15)17-4-3-5-18(24)20(17)25/h3-11,14H,12H2,1-2H3,(H,29,30)(H,31,32). The summed E-state index contributed by atoms with van der Waals surface area (Å²) >= 11 is 12.4. The van der Waals surface area contributed by atoms with E-state index in [1.807, 2.05) is 43.3 Å². The molecule has 0 aliphatic carbocycles. The van der Waals surface area contributed by atoms with Crippen molar-refractivity contribution in [2.75, 3.05) is 10.6 Å². The minimum absolute atomic E-state index is 0.218. The molecule has 1 atom stereocenters. The van der Waals surface area contributed by atoms with E-state index in [1.165, 1.54) is 6.20 Å². The number of nitrogens with one attached hydrogen (secondary N) is 2. The van der Waals surface area contributed by atoms with Crippen molar-refractivity contribution in [1.29, 1.82) is 0 Å². The monoisotopic (exact) mass is 481 g/mol. The van der Waals surface area contributed by atoms with E-state index in [9.17, 15) is 18.0 Å². The van der Waals surface area contributed by atoms with Gasteiger partial charge in [0.25, 0.3) is 0 Å². The van der Waals surface area contributed by atoms with Crippen LogP contribution in [-0.4, -0.2) is 17.1 Å². The lowest BCUT2D eigenvalue weighted by Crippen LogP contribution is -2.22. The molecule has 168 valence electrons. The molecule has 1 heterocycles. The molecule has 0 radical (unpaired) electrons. The van der Waals surface area contributed by atoms with Gasteiger partial charge in [0.2, 0.25) is 5.91 Å². The maximum Gasteiger partial charge on any atom is 0.397 e. The van der Waals surface area contributed by atoms with Gasteiger partial charge < -0.3 is 10.6 Å². The first kappa shape index (κ1) is 23.9. The van der Waals surface area contributed by atoms with Gasteiger partial charge in [-0.3, -0.25) is 4.79 Å². The van der Waals surface area contributed by atoms with Crippen LogP contribution in [0.15, 0.2) is 54.7 Å². The molecule has 2 N–H and O–H groups in total. The second kappa shape index (κ2) is 9.79. The van der Waals surface area contributed by atoms with Gasteiger partial charge in [-0.05, 0) is 42.7 Å². The van der Waals surface area contributed by atoms with E-state index in [-0.39, 0.29) is 17.5 Å². The number of aryl methyl sites for hydroxylation is 1. The number of alkyl halides is 3. The summed E-state index contributed by atoms with van der Waals surface area (Å²) < 4.78 is 37.6. The molecule has 3 rings (SSSR count). The molecule has 0 saturated carbocycles. The highest BCUT2D eigenvalue weighted by molar-refractivity contribution is 6.43. The minimum Gasteiger partial charge on any atom is -0.362 e. The molecule has 1 amide bonds. The number of hydrogen-bond acceptors (Lipinski definition) is 3. The number of anilines is 2. The maximum atomic E-state index is 12.5. The first-order chi connectivity index (χ1) is 15.0. The molecule has 0 saturated heterocycles. The smallest absolute Gasteiger partial charge is 0.362 e. The lowest BCUT2D eigenvalue weighted by atomic mass is 10.0. The highest BCUT2D eigenvalue weighted by atomic mass is 35.5. The van der Waals surface area contributed by atoms with E-state index in [2.05, 4.69) is 15.6 Å². The van der Waals surface area contributed by atoms with E-state index in [0.717, 1.165) is 16.7 Å². The predicted molar refractivity (Wildman–Crippen MR) is 122 cm³/mol. The number of carbonyl (C=O) groups excluding carboxylic acids is 1. The Labute approximate surface area is 193 Å². The molecule has 1 unspecified atom stereocenters. The van der Waals surface area contributed by atoms with Crippen LogP contribution in [0.1, 0.15) is 30.5 Å². The molecule has 9 heteroatoms. The molecule has 0 spiro atoms. The van der Waals surface area contributed by atoms with Crippen LogP contribution in [0, 0.1) is 6.92 Å². The van der Waals surface area contributed by atoms with E-state index in [1.54, 1.807) is 19.1 Å². The zero-order valence-corrected chi connectivity index (χ0v) is 18.7. The third-order valence-corrected chi connectivity index (χ3v) is 5.63. The number of carbonyl (C=O) groups is 1. The molecule has 32 heavy (non-hydrogen) atoms. The van der Waals surface area contributed by atoms with E-state index >= 15 is 0 Å². The third kappa shape index (κ3) is 5.93. The molecule has 0 bridgehead atoms. The van der Waals surface area contributed by atoms with Gasteiger partial charge in [0.15, 0.2) is 5.82 Å². The molecule has 0 aliphatic rings. The van der Waals surface area contributed by atoms with Crippen LogP contribution in [0.4, 0.5) is 24.7 Å². The Morgan fingerprint density at radius 1 is 1.09 bits per heavy atom. The molecular weight excluding hydrogens is 462 g/mol. The average molecular weight is 482 g/mol. The number of hydrogen-bond donors (Lipinski definition) is 2. The summed E-state index contributed by atoms with van der Waals surface area (Å²) in [5.74, 6) is -0.859. The largest absolute Gasteiger partial charge is 0.397 e. The summed E-state index contributed by atoms with van der Waals surface area (Å²) in [6.07, 6.45) is -4.63. The van der Waals surface area contributed by atoms with Crippen molar-refractivity contribution < 1.29 is 18.0 Å². The van der Waals surface area contributed by atoms with Gasteiger partial charge in [-0.1, -0.05) is 59.6 Å². The summed E-state index contributed by atoms with van der Waals surface area (Å²) in [5.41, 5.74) is 3.42. The average Bonchev–Trinajstić information content (AvgIpc) is 2.71. The van der Waals surface area contributed by atoms with Crippen LogP contribution in [0.5, 0.6) is 0 Å². The van der Waals surface area contributed by atoms with Gasteiger partial charge in [-0.25, -0.2) is 4.98 Å². The van der Waals surface area contributed by atoms with Crippen LogP contribution >= 0.6 is 23.2 Å². The fourth-order valence-electron chi connectivity index (χ4n) is 3.16. The Kier molecular flexibility index (Phi) is 7.31. The maximum absolute atomic E-state index is 12.5. The van der Waals surface area contributed by atoms with Crippen molar-refractivity contribution in [2.24, 2.45) is 0 Å². The third-order valence-electron chi connectivity index (χ3n) is 4.81. The summed E-state index contributed by atoms with van der Waals surface area (Å²) in [7, 11) is 0. The van der Waals surface area contributed by atoms with Crippen LogP contribution in [0.2, 0.25) is 10.0 Å². The number of benzene rings is 2. The Hall–Kier alpha value is -2.77. The number of aromatic nitrogens is 1. The summed E-state index contributed by atoms with van der Waals surface area (Å²) in [5, 5.41) is 6.42. The predicted octanol–water partition coefficient (Wildman–Crippen LogP) is 7.43. The number of halogens is 5. The molecule has 0 aliphatic heterocycles. The second-order valence-corrected chi connectivity index (χ2v) is 8.07. The van der Waals surface area contributed by atoms with E-state index in [0.29, 0.717) is 15.6 Å². The molecule has 4 nitrogen and oxygen atoms in total. The highest BCUT2D eigenvalue weighted by Gasteiger charge is 2.31. The molecule has 3 aromatic rings. The van der Waals surface area contributed by atoms with Crippen LogP contribution < -0.4 is 10.6 Å². The Morgan fingerprint density at radius 3 is 2.44 bits per heavy atom. The van der Waals surface area contributed by atoms with Gasteiger partial charge in [0.1, 0.15) is 6.42 Å². The summed E-state index contributed by atoms with van der Waals surface area (Å²) in [6.45, 7) is 3.57. The van der Waals surface area contributed by atoms with E-state index in [4.69, 9.17) is 23.2 Å². The van der Waals surface area contributed by atoms with Gasteiger partial charge in [0.05, 0.1) is 21.8 Å². The Balaban J connectivity index is 1.79. The number of amides is 1. The Morgan fingerprint density at radius 2 is 1.78 bits per heavy atom. The quantitative estimate of drug-likeness (QED) is 0.384. The van der Waals surface area contributed by atoms with Crippen molar-refractivity contribution in [3.8, 4) is 11.1 Å². The first-order valence-electron chi connectivity index (χ1n) is 9.68. The number of pyridine rings is 1. The molecule has 2 aromatic carbocycles. The zero-order chi connectivity index (χ0) is 23.5. The lowest BCUT2D eigenvalue weighted by molar-refractivity contribution is -0.150. The fraction of sp³-hybridized carbons (Fsp3) is 0.217. The first-order valence-corrected chi connectivity index (χ1v) is 10.4. The van der Waals surface area contributed by atoms with Crippen LogP contribution in [0.3, 0.4) is 0 Å². The molecule has 0 fully saturated rings. The van der Waals surface area contributed by atoms with Crippen molar-refractivity contribution in [3.05, 3.63) is 75.9 Å². The highest BCUT2D eigenvalue weighted by Crippen LogP contribution is 2.34. The number of rotatable bonds is 6. The summed E-state index contributed by atoms with van der Waals surface area (Å²) in [6, 6.07) is 14.4. The zero-order valence-electron chi connectivity index (χ0n) is 17.2. The van der Waals surface area contributed by atoms with E-state index < -0.39 is 18.5 Å². The molecule has 1 aromatic heterocycles. The number of nitrogens with zero attached hydrogens (tertiary/aromatic N) is 1. The SMILES string of the molecule is Cc1ccnc(NC(C)c2ccc(-c3cccc(Cl)c3Cl)cc2)c1NC(=O)CC(F)(F)F. The van der Waals surface area contributed by atoms with Crippen molar-refractivity contribution in [3.63, 3.8) is 0 Å². The van der Waals surface area contributed by atoms with Gasteiger partial charge >= 0.3 is 6.18 Å². The normalized spacial score (nSPS) is 12.3. The lowest BCUT2D eigenvalue weighted by Gasteiger charge is -2.20. The topological polar surface area (TPSA) is 54.0 Å².